The molecule has 10 heteroatoms. The standard InChI is InChI=1S/C14H9F3N2O4S/c1-8-5-6-11-18-9-3-2-4-10(12(9)13(20)19(11)7-8)23-24(21,22)14(15,16)17/h2-7H,1H3. The molecule has 3 rings (SSSR count). The molecule has 6 nitrogen and oxygen atoms in total. The summed E-state index contributed by atoms with van der Waals surface area (Å²) in [6, 6.07) is 6.87. The van der Waals surface area contributed by atoms with E-state index in [1.54, 1.807) is 19.1 Å². The Hall–Kier alpha value is -2.62. The summed E-state index contributed by atoms with van der Waals surface area (Å²) in [5.41, 5.74) is -5.32. The number of aromatic nitrogens is 2. The van der Waals surface area contributed by atoms with Crippen LogP contribution in [0.25, 0.3) is 16.6 Å². The van der Waals surface area contributed by atoms with Crippen LogP contribution in [0.15, 0.2) is 41.3 Å². The third-order valence-corrected chi connectivity index (χ3v) is 4.20. The van der Waals surface area contributed by atoms with Gasteiger partial charge in [-0.05, 0) is 30.7 Å². The second kappa shape index (κ2) is 5.20. The maximum absolute atomic E-state index is 12.6. The van der Waals surface area contributed by atoms with E-state index in [1.807, 2.05) is 0 Å². The highest BCUT2D eigenvalue weighted by molar-refractivity contribution is 7.88. The molecule has 0 saturated heterocycles. The molecule has 3 aromatic rings. The van der Waals surface area contributed by atoms with Gasteiger partial charge in [-0.25, -0.2) is 4.98 Å². The smallest absolute Gasteiger partial charge is 0.375 e. The Bertz CT molecular complexity index is 1120. The first kappa shape index (κ1) is 16.2. The Morgan fingerprint density at radius 1 is 1.17 bits per heavy atom. The van der Waals surface area contributed by atoms with Crippen molar-refractivity contribution < 1.29 is 25.8 Å². The van der Waals surface area contributed by atoms with Crippen molar-refractivity contribution in [1.29, 1.82) is 0 Å². The van der Waals surface area contributed by atoms with E-state index in [0.717, 1.165) is 10.5 Å². The van der Waals surface area contributed by atoms with Crippen LogP contribution in [-0.2, 0) is 10.1 Å². The minimum atomic E-state index is -5.90. The predicted octanol–water partition coefficient (Wildman–Crippen LogP) is 2.38. The molecule has 2 aromatic heterocycles. The van der Waals surface area contributed by atoms with Crippen LogP contribution in [0, 0.1) is 6.92 Å². The van der Waals surface area contributed by atoms with E-state index >= 15 is 0 Å². The number of hydrogen-bond donors (Lipinski definition) is 0. The zero-order valence-electron chi connectivity index (χ0n) is 12.0. The van der Waals surface area contributed by atoms with Crippen molar-refractivity contribution in [2.75, 3.05) is 0 Å². The summed E-state index contributed by atoms with van der Waals surface area (Å²) in [6.45, 7) is 1.71. The van der Waals surface area contributed by atoms with Gasteiger partial charge in [0.1, 0.15) is 11.0 Å². The summed E-state index contributed by atoms with van der Waals surface area (Å²) in [6.07, 6.45) is 1.44. The van der Waals surface area contributed by atoms with Crippen molar-refractivity contribution >= 4 is 26.7 Å². The van der Waals surface area contributed by atoms with Crippen molar-refractivity contribution in [3.8, 4) is 5.75 Å². The van der Waals surface area contributed by atoms with E-state index in [2.05, 4.69) is 9.17 Å². The molecular weight excluding hydrogens is 349 g/mol. The molecule has 0 spiro atoms. The molecule has 0 aliphatic rings. The zero-order chi connectivity index (χ0) is 17.7. The number of benzene rings is 1. The Kier molecular flexibility index (Phi) is 3.52. The minimum absolute atomic E-state index is 0.0266. The number of aryl methyl sites for hydroxylation is 1. The maximum Gasteiger partial charge on any atom is 0.534 e. The van der Waals surface area contributed by atoms with Crippen molar-refractivity contribution in [3.05, 3.63) is 52.4 Å². The molecule has 0 atom stereocenters. The maximum atomic E-state index is 12.6. The summed E-state index contributed by atoms with van der Waals surface area (Å²) >= 11 is 0. The van der Waals surface area contributed by atoms with Crippen LogP contribution in [0.3, 0.4) is 0 Å². The molecule has 126 valence electrons. The lowest BCUT2D eigenvalue weighted by Gasteiger charge is -2.11. The molecule has 0 aliphatic heterocycles. The molecule has 0 saturated carbocycles. The molecule has 0 amide bonds. The van der Waals surface area contributed by atoms with Crippen LogP contribution < -0.4 is 9.74 Å². The van der Waals surface area contributed by atoms with E-state index in [9.17, 15) is 26.4 Å². The highest BCUT2D eigenvalue weighted by Crippen LogP contribution is 2.29. The molecule has 0 unspecified atom stereocenters. The first-order valence-corrected chi connectivity index (χ1v) is 7.93. The normalized spacial score (nSPS) is 12.7. The average Bonchev–Trinajstić information content (AvgIpc) is 2.47. The van der Waals surface area contributed by atoms with Crippen molar-refractivity contribution in [3.63, 3.8) is 0 Å². The average molecular weight is 358 g/mol. The number of alkyl halides is 3. The van der Waals surface area contributed by atoms with Gasteiger partial charge >= 0.3 is 15.6 Å². The SMILES string of the molecule is Cc1ccc2nc3cccc(OS(=O)(=O)C(F)(F)F)c3c(=O)n2c1. The lowest BCUT2D eigenvalue weighted by molar-refractivity contribution is -0.0499. The van der Waals surface area contributed by atoms with Crippen molar-refractivity contribution in [2.45, 2.75) is 12.4 Å². The van der Waals surface area contributed by atoms with Gasteiger partial charge in [0, 0.05) is 6.20 Å². The Morgan fingerprint density at radius 2 is 1.88 bits per heavy atom. The minimum Gasteiger partial charge on any atom is -0.375 e. The topological polar surface area (TPSA) is 77.7 Å². The molecule has 1 aromatic carbocycles. The largest absolute Gasteiger partial charge is 0.534 e. The number of rotatable bonds is 2. The number of halogens is 3. The van der Waals surface area contributed by atoms with Crippen molar-refractivity contribution in [2.24, 2.45) is 0 Å². The third kappa shape index (κ3) is 2.58. The van der Waals surface area contributed by atoms with Gasteiger partial charge in [-0.1, -0.05) is 12.1 Å². The highest BCUT2D eigenvalue weighted by atomic mass is 32.2. The Balaban J connectivity index is 2.33. The molecule has 0 aliphatic carbocycles. The first-order valence-electron chi connectivity index (χ1n) is 6.53. The summed E-state index contributed by atoms with van der Waals surface area (Å²) in [4.78, 5) is 16.7. The van der Waals surface area contributed by atoms with Crippen LogP contribution in [-0.4, -0.2) is 23.3 Å². The Labute approximate surface area is 133 Å². The van der Waals surface area contributed by atoms with Crippen molar-refractivity contribution in [1.82, 2.24) is 9.38 Å². The lowest BCUT2D eigenvalue weighted by Crippen LogP contribution is -2.28. The summed E-state index contributed by atoms with van der Waals surface area (Å²) in [5.74, 6) is -0.724. The quantitative estimate of drug-likeness (QED) is 0.399. The van der Waals surface area contributed by atoms with E-state index in [4.69, 9.17) is 0 Å². The van der Waals surface area contributed by atoms with Crippen LogP contribution in [0.4, 0.5) is 13.2 Å². The summed E-state index contributed by atoms with van der Waals surface area (Å²) < 4.78 is 65.2. The lowest BCUT2D eigenvalue weighted by atomic mass is 10.2. The predicted molar refractivity (Wildman–Crippen MR) is 79.3 cm³/mol. The van der Waals surface area contributed by atoms with Gasteiger partial charge in [-0.3, -0.25) is 9.20 Å². The van der Waals surface area contributed by atoms with Gasteiger partial charge in [0.2, 0.25) is 0 Å². The fourth-order valence-electron chi connectivity index (χ4n) is 2.16. The van der Waals surface area contributed by atoms with Crippen LogP contribution in [0.5, 0.6) is 5.75 Å². The highest BCUT2D eigenvalue weighted by Gasteiger charge is 2.48. The zero-order valence-corrected chi connectivity index (χ0v) is 12.9. The second-order valence-electron chi connectivity index (χ2n) is 4.99. The van der Waals surface area contributed by atoms with E-state index in [-0.39, 0.29) is 16.6 Å². The molecular formula is C14H9F3N2O4S. The number of nitrogens with zero attached hydrogens (tertiary/aromatic N) is 2. The van der Waals surface area contributed by atoms with Gasteiger partial charge in [0.25, 0.3) is 5.56 Å². The fourth-order valence-corrected chi connectivity index (χ4v) is 2.63. The monoisotopic (exact) mass is 358 g/mol. The molecule has 24 heavy (non-hydrogen) atoms. The second-order valence-corrected chi connectivity index (χ2v) is 6.52. The molecule has 0 fully saturated rings. The van der Waals surface area contributed by atoms with Crippen LogP contribution in [0.1, 0.15) is 5.56 Å². The van der Waals surface area contributed by atoms with E-state index in [1.165, 1.54) is 18.3 Å². The third-order valence-electron chi connectivity index (χ3n) is 3.23. The van der Waals surface area contributed by atoms with Gasteiger partial charge in [-0.15, -0.1) is 0 Å². The molecule has 2 heterocycles. The summed E-state index contributed by atoms with van der Waals surface area (Å²) in [7, 11) is -5.90. The van der Waals surface area contributed by atoms with Crippen LogP contribution in [0.2, 0.25) is 0 Å². The summed E-state index contributed by atoms with van der Waals surface area (Å²) in [5, 5.41) is -0.353. The van der Waals surface area contributed by atoms with E-state index in [0.29, 0.717) is 5.56 Å². The van der Waals surface area contributed by atoms with Gasteiger partial charge in [0.15, 0.2) is 5.75 Å². The van der Waals surface area contributed by atoms with Crippen LogP contribution >= 0.6 is 0 Å². The van der Waals surface area contributed by atoms with Gasteiger partial charge in [-0.2, -0.15) is 21.6 Å². The fraction of sp³-hybridized carbons (Fsp3) is 0.143. The number of fused-ring (bicyclic) bond motifs is 2. The molecule has 0 radical (unpaired) electrons. The molecule has 0 N–H and O–H groups in total. The number of hydrogen-bond acceptors (Lipinski definition) is 5. The van der Waals surface area contributed by atoms with Gasteiger partial charge in [0.05, 0.1) is 5.52 Å². The Morgan fingerprint density at radius 3 is 2.54 bits per heavy atom. The number of pyridine rings is 1. The first-order chi connectivity index (χ1) is 11.1. The van der Waals surface area contributed by atoms with E-state index < -0.39 is 26.9 Å². The van der Waals surface area contributed by atoms with Gasteiger partial charge < -0.3 is 4.18 Å². The molecule has 0 bridgehead atoms.